The molecular weight excluding hydrogens is 200 g/mol. The van der Waals surface area contributed by atoms with E-state index in [1.165, 1.54) is 11.5 Å². The van der Waals surface area contributed by atoms with Gasteiger partial charge in [-0.2, -0.15) is 0 Å². The minimum absolute atomic E-state index is 0.898. The van der Waals surface area contributed by atoms with E-state index in [4.69, 9.17) is 0 Å². The highest BCUT2D eigenvalue weighted by Gasteiger charge is 2.38. The van der Waals surface area contributed by atoms with Gasteiger partial charge >= 0.3 is 0 Å². The van der Waals surface area contributed by atoms with Crippen LogP contribution < -0.4 is 0 Å². The normalized spacial score (nSPS) is 30.6. The van der Waals surface area contributed by atoms with Crippen LogP contribution in [0.15, 0.2) is 0 Å². The van der Waals surface area contributed by atoms with Crippen LogP contribution in [0.25, 0.3) is 0 Å². The van der Waals surface area contributed by atoms with Crippen molar-refractivity contribution in [3.63, 3.8) is 0 Å². The van der Waals surface area contributed by atoms with E-state index < -0.39 is 0 Å². The highest BCUT2D eigenvalue weighted by Crippen LogP contribution is 2.57. The molecule has 1 aliphatic heterocycles. The van der Waals surface area contributed by atoms with E-state index in [-0.39, 0.29) is 0 Å². The van der Waals surface area contributed by atoms with Gasteiger partial charge in [0.15, 0.2) is 0 Å². The van der Waals surface area contributed by atoms with Crippen molar-refractivity contribution in [1.82, 2.24) is 0 Å². The zero-order valence-electron chi connectivity index (χ0n) is 6.20. The molecule has 1 aliphatic rings. The van der Waals surface area contributed by atoms with Crippen LogP contribution in [0.2, 0.25) is 0 Å². The highest BCUT2D eigenvalue weighted by atomic mass is 33.1. The maximum absolute atomic E-state index is 2.23. The van der Waals surface area contributed by atoms with Crippen LogP contribution >= 0.6 is 45.1 Å². The smallest absolute Gasteiger partial charge is 0.0828 e. The van der Waals surface area contributed by atoms with Gasteiger partial charge in [-0.1, -0.05) is 35.4 Å². The molecule has 0 spiro atoms. The zero-order valence-corrected chi connectivity index (χ0v) is 9.47. The summed E-state index contributed by atoms with van der Waals surface area (Å²) in [6.45, 7) is 4.45. The summed E-state index contributed by atoms with van der Waals surface area (Å²) in [6, 6.07) is 0. The maximum atomic E-state index is 2.23. The molecule has 1 fully saturated rings. The van der Waals surface area contributed by atoms with Crippen molar-refractivity contribution < 1.29 is 0 Å². The Labute approximate surface area is 79.5 Å². The van der Waals surface area contributed by atoms with Gasteiger partial charge in [0.05, 0.1) is 9.16 Å². The minimum Gasteiger partial charge on any atom is -0.146 e. The molecule has 0 aliphatic carbocycles. The summed E-state index contributed by atoms with van der Waals surface area (Å²) in [7, 11) is 4.04. The molecule has 1 heterocycles. The fourth-order valence-corrected chi connectivity index (χ4v) is 6.70. The van der Waals surface area contributed by atoms with Crippen molar-refractivity contribution in [2.75, 3.05) is 11.5 Å². The molecule has 4 heteroatoms. The summed E-state index contributed by atoms with van der Waals surface area (Å²) in [6.07, 6.45) is 0. The van der Waals surface area contributed by atoms with Crippen molar-refractivity contribution in [2.45, 2.75) is 23.0 Å². The van der Waals surface area contributed by atoms with Crippen molar-refractivity contribution in [3.8, 4) is 0 Å². The third-order valence-electron chi connectivity index (χ3n) is 1.03. The Bertz CT molecular complexity index is 95.7. The molecule has 0 radical (unpaired) electrons. The van der Waals surface area contributed by atoms with Gasteiger partial charge in [-0.05, 0) is 5.75 Å². The number of hydrogen-bond donors (Lipinski definition) is 0. The molecule has 0 aromatic heterocycles. The molecular formula is C6H12S4. The largest absolute Gasteiger partial charge is 0.146 e. The molecule has 0 aromatic carbocycles. The summed E-state index contributed by atoms with van der Waals surface area (Å²) >= 11 is 4.19. The average molecular weight is 212 g/mol. The van der Waals surface area contributed by atoms with Gasteiger partial charge in [0.2, 0.25) is 0 Å². The Hall–Kier alpha value is 1.40. The minimum atomic E-state index is 0.898. The van der Waals surface area contributed by atoms with Gasteiger partial charge in [-0.15, -0.1) is 23.5 Å². The van der Waals surface area contributed by atoms with Crippen molar-refractivity contribution in [3.05, 3.63) is 0 Å². The summed E-state index contributed by atoms with van der Waals surface area (Å²) in [5, 5.41) is 0. The first-order valence-corrected chi connectivity index (χ1v) is 7.81. The fourth-order valence-electron chi connectivity index (χ4n) is 0.572. The van der Waals surface area contributed by atoms with Gasteiger partial charge in [-0.25, -0.2) is 0 Å². The molecule has 0 amide bonds. The Kier molecular flexibility index (Phi) is 4.86. The lowest BCUT2D eigenvalue weighted by molar-refractivity contribution is 1.47. The van der Waals surface area contributed by atoms with Crippen LogP contribution in [0.1, 0.15) is 13.8 Å². The van der Waals surface area contributed by atoms with Crippen molar-refractivity contribution in [1.29, 1.82) is 0 Å². The first-order chi connectivity index (χ1) is 4.88. The lowest BCUT2D eigenvalue weighted by Crippen LogP contribution is -1.81. The first-order valence-electron chi connectivity index (χ1n) is 3.43. The van der Waals surface area contributed by atoms with Gasteiger partial charge < -0.3 is 0 Å². The van der Waals surface area contributed by atoms with E-state index in [1.807, 2.05) is 21.6 Å². The van der Waals surface area contributed by atoms with E-state index in [9.17, 15) is 0 Å². The van der Waals surface area contributed by atoms with Crippen LogP contribution in [0, 0.1) is 0 Å². The topological polar surface area (TPSA) is 0 Å². The third-order valence-corrected chi connectivity index (χ3v) is 7.54. The Morgan fingerprint density at radius 1 is 1.20 bits per heavy atom. The Morgan fingerprint density at radius 3 is 2.60 bits per heavy atom. The molecule has 2 unspecified atom stereocenters. The van der Waals surface area contributed by atoms with E-state index in [2.05, 4.69) is 37.4 Å². The molecule has 0 nitrogen and oxygen atoms in total. The molecule has 0 bridgehead atoms. The SMILES string of the molecule is CCSSC1SC1SCC. The predicted molar refractivity (Wildman–Crippen MR) is 59.0 cm³/mol. The highest BCUT2D eigenvalue weighted by molar-refractivity contribution is 8.79. The van der Waals surface area contributed by atoms with E-state index in [1.54, 1.807) is 0 Å². The molecule has 1 rings (SSSR count). The average Bonchev–Trinajstić information content (AvgIpc) is 2.65. The van der Waals surface area contributed by atoms with Gasteiger partial charge in [0.25, 0.3) is 0 Å². The van der Waals surface area contributed by atoms with Crippen molar-refractivity contribution >= 4 is 45.1 Å². The third kappa shape index (κ3) is 3.20. The fraction of sp³-hybridized carbons (Fsp3) is 1.00. The standard InChI is InChI=1S/C6H12S4/c1-3-7-5-6(9-5)10-8-4-2/h5-6H,3-4H2,1-2H3. The molecule has 2 atom stereocenters. The number of thioether (sulfide) groups is 2. The molecule has 0 aromatic rings. The second-order valence-corrected chi connectivity index (χ2v) is 7.93. The molecule has 0 saturated carbocycles. The molecule has 0 N–H and O–H groups in total. The first kappa shape index (κ1) is 9.49. The Balaban J connectivity index is 1.92. The molecule has 10 heavy (non-hydrogen) atoms. The van der Waals surface area contributed by atoms with E-state index in [0.717, 1.165) is 9.16 Å². The second-order valence-electron chi connectivity index (χ2n) is 1.83. The number of rotatable bonds is 5. The van der Waals surface area contributed by atoms with Gasteiger partial charge in [0.1, 0.15) is 0 Å². The maximum Gasteiger partial charge on any atom is 0.0828 e. The summed E-state index contributed by atoms with van der Waals surface area (Å²) in [5.74, 6) is 2.51. The van der Waals surface area contributed by atoms with Gasteiger partial charge in [-0.3, -0.25) is 0 Å². The van der Waals surface area contributed by atoms with E-state index >= 15 is 0 Å². The summed E-state index contributed by atoms with van der Waals surface area (Å²) in [4.78, 5) is 0. The summed E-state index contributed by atoms with van der Waals surface area (Å²) in [5.41, 5.74) is 0. The lowest BCUT2D eigenvalue weighted by Gasteiger charge is -1.92. The van der Waals surface area contributed by atoms with Crippen LogP contribution in [-0.2, 0) is 0 Å². The van der Waals surface area contributed by atoms with E-state index in [0.29, 0.717) is 0 Å². The molecule has 1 saturated heterocycles. The van der Waals surface area contributed by atoms with Crippen LogP contribution in [0.3, 0.4) is 0 Å². The number of hydrogen-bond acceptors (Lipinski definition) is 4. The molecule has 60 valence electrons. The monoisotopic (exact) mass is 212 g/mol. The van der Waals surface area contributed by atoms with Crippen LogP contribution in [0.4, 0.5) is 0 Å². The predicted octanol–water partition coefficient (Wildman–Crippen LogP) is 3.54. The van der Waals surface area contributed by atoms with Crippen LogP contribution in [0.5, 0.6) is 0 Å². The van der Waals surface area contributed by atoms with Crippen molar-refractivity contribution in [2.24, 2.45) is 0 Å². The second kappa shape index (κ2) is 5.12. The van der Waals surface area contributed by atoms with Crippen LogP contribution in [-0.4, -0.2) is 20.7 Å². The lowest BCUT2D eigenvalue weighted by atomic mass is 10.9. The van der Waals surface area contributed by atoms with Gasteiger partial charge in [0, 0.05) is 5.75 Å². The zero-order chi connectivity index (χ0) is 7.40. The quantitative estimate of drug-likeness (QED) is 0.505. The Morgan fingerprint density at radius 2 is 2.00 bits per heavy atom. The summed E-state index contributed by atoms with van der Waals surface area (Å²) < 4.78 is 1.81.